The number of rotatable bonds is 6. The maximum atomic E-state index is 13.3. The molecule has 1 N–H and O–H groups in total. The fourth-order valence-electron chi connectivity index (χ4n) is 6.21. The topological polar surface area (TPSA) is 85.4 Å². The van der Waals surface area contributed by atoms with Crippen LogP contribution in [0.4, 0.5) is 0 Å². The van der Waals surface area contributed by atoms with E-state index in [9.17, 15) is 14.4 Å². The predicted octanol–water partition coefficient (Wildman–Crippen LogP) is 2.31. The Morgan fingerprint density at radius 1 is 0.825 bits per heavy atom. The number of hydrogen-bond acceptors (Lipinski definition) is 6. The minimum Gasteiger partial charge on any atom is -0.475 e. The summed E-state index contributed by atoms with van der Waals surface area (Å²) in [5, 5.41) is 3.30. The van der Waals surface area contributed by atoms with Crippen LogP contribution in [-0.2, 0) is 4.79 Å². The van der Waals surface area contributed by atoms with Crippen LogP contribution in [0.25, 0.3) is 0 Å². The van der Waals surface area contributed by atoms with Crippen LogP contribution >= 0.6 is 22.6 Å². The Hall–Kier alpha value is -2.70. The first-order valence-electron chi connectivity index (χ1n) is 14.3. The van der Waals surface area contributed by atoms with Gasteiger partial charge in [0.2, 0.25) is 5.60 Å². The number of hydrogen-bond donors (Lipinski definition) is 1. The Morgan fingerprint density at radius 3 is 2.17 bits per heavy atom. The van der Waals surface area contributed by atoms with Crippen LogP contribution in [-0.4, -0.2) is 114 Å². The molecule has 0 unspecified atom stereocenters. The van der Waals surface area contributed by atoms with E-state index in [1.54, 1.807) is 0 Å². The molecule has 4 saturated heterocycles. The highest BCUT2D eigenvalue weighted by Gasteiger charge is 2.47. The molecule has 2 aromatic rings. The number of amides is 3. The highest BCUT2D eigenvalue weighted by Crippen LogP contribution is 2.32. The molecule has 3 amide bonds. The first-order valence-corrected chi connectivity index (χ1v) is 15.4. The lowest BCUT2D eigenvalue weighted by Gasteiger charge is -2.48. The van der Waals surface area contributed by atoms with E-state index in [2.05, 4.69) is 32.8 Å². The third-order valence-corrected chi connectivity index (χ3v) is 9.51. The molecule has 0 bridgehead atoms. The second kappa shape index (κ2) is 11.7. The van der Waals surface area contributed by atoms with Crippen LogP contribution in [0.2, 0.25) is 0 Å². The number of likely N-dealkylation sites (tertiary alicyclic amines) is 2. The molecule has 4 fully saturated rings. The molecule has 0 saturated carbocycles. The van der Waals surface area contributed by atoms with Gasteiger partial charge in [-0.15, -0.1) is 0 Å². The Bertz CT molecular complexity index is 1250. The van der Waals surface area contributed by atoms with Gasteiger partial charge in [0.1, 0.15) is 5.75 Å². The summed E-state index contributed by atoms with van der Waals surface area (Å²) in [5.41, 5.74) is 0.490. The van der Waals surface area contributed by atoms with E-state index in [0.29, 0.717) is 56.5 Å². The van der Waals surface area contributed by atoms with E-state index in [4.69, 9.17) is 4.74 Å². The Morgan fingerprint density at radius 2 is 1.52 bits per heavy atom. The van der Waals surface area contributed by atoms with Crippen molar-refractivity contribution in [2.75, 3.05) is 65.4 Å². The molecule has 4 aliphatic rings. The van der Waals surface area contributed by atoms with Gasteiger partial charge in [-0.2, -0.15) is 0 Å². The number of nitrogens with one attached hydrogen (secondary N) is 1. The van der Waals surface area contributed by atoms with Crippen molar-refractivity contribution in [3.8, 4) is 5.75 Å². The fraction of sp³-hybridized carbons (Fsp3) is 0.500. The molecule has 0 aromatic heterocycles. The smallest absolute Gasteiger partial charge is 0.268 e. The van der Waals surface area contributed by atoms with E-state index in [0.717, 1.165) is 54.7 Å². The molecule has 1 atom stereocenters. The van der Waals surface area contributed by atoms with Crippen molar-refractivity contribution >= 4 is 40.3 Å². The molecule has 4 aliphatic heterocycles. The van der Waals surface area contributed by atoms with Gasteiger partial charge < -0.3 is 24.8 Å². The summed E-state index contributed by atoms with van der Waals surface area (Å²) in [6, 6.07) is 15.3. The molecule has 40 heavy (non-hydrogen) atoms. The number of nitrogens with zero attached hydrogens (tertiary/aromatic N) is 4. The number of carbonyl (C=O) groups is 3. The van der Waals surface area contributed by atoms with Gasteiger partial charge in [0.25, 0.3) is 17.7 Å². The highest BCUT2D eigenvalue weighted by atomic mass is 127. The first kappa shape index (κ1) is 27.5. The van der Waals surface area contributed by atoms with E-state index in [1.165, 1.54) is 0 Å². The second-order valence-corrected chi connectivity index (χ2v) is 12.4. The van der Waals surface area contributed by atoms with Gasteiger partial charge in [0.05, 0.1) is 3.57 Å². The van der Waals surface area contributed by atoms with Crippen molar-refractivity contribution in [2.45, 2.75) is 30.9 Å². The van der Waals surface area contributed by atoms with Crippen molar-refractivity contribution in [1.82, 2.24) is 24.9 Å². The largest absolute Gasteiger partial charge is 0.475 e. The average Bonchev–Trinajstić information content (AvgIpc) is 3.67. The van der Waals surface area contributed by atoms with Crippen LogP contribution in [0, 0.1) is 3.57 Å². The number of ether oxygens (including phenoxy) is 1. The molecule has 212 valence electrons. The lowest BCUT2D eigenvalue weighted by Crippen LogP contribution is -2.64. The van der Waals surface area contributed by atoms with Gasteiger partial charge in [0.15, 0.2) is 0 Å². The monoisotopic (exact) mass is 657 g/mol. The molecule has 4 heterocycles. The molecule has 0 aliphatic carbocycles. The van der Waals surface area contributed by atoms with Gasteiger partial charge >= 0.3 is 0 Å². The predicted molar refractivity (Wildman–Crippen MR) is 159 cm³/mol. The summed E-state index contributed by atoms with van der Waals surface area (Å²) in [4.78, 5) is 47.5. The normalized spacial score (nSPS) is 23.8. The maximum Gasteiger partial charge on any atom is 0.268 e. The summed E-state index contributed by atoms with van der Waals surface area (Å²) in [5.74, 6) is 0.827. The Labute approximate surface area is 248 Å². The van der Waals surface area contributed by atoms with Crippen LogP contribution in [0.3, 0.4) is 0 Å². The standard InChI is InChI=1S/C30H36IN5O4/c31-25-18-23(8-9-26(25)40-30(10-11-32-21-30)29(39)35-12-4-5-13-35)28(38)36-19-24(20-36)33-14-16-34(17-15-33)27(37)22-6-2-1-3-7-22/h1-3,6-9,18,24,32H,4-5,10-17,19-21H2/t30-/m0/s1. The van der Waals surface area contributed by atoms with E-state index >= 15 is 0 Å². The quantitative estimate of drug-likeness (QED) is 0.481. The second-order valence-electron chi connectivity index (χ2n) is 11.2. The lowest BCUT2D eigenvalue weighted by atomic mass is 10.0. The van der Waals surface area contributed by atoms with Gasteiger partial charge in [0, 0.05) is 82.5 Å². The summed E-state index contributed by atoms with van der Waals surface area (Å²) < 4.78 is 7.27. The Balaban J connectivity index is 1.02. The van der Waals surface area contributed by atoms with Crippen molar-refractivity contribution in [1.29, 1.82) is 0 Å². The minimum atomic E-state index is -0.879. The van der Waals surface area contributed by atoms with Crippen LogP contribution in [0.15, 0.2) is 48.5 Å². The van der Waals surface area contributed by atoms with E-state index < -0.39 is 5.60 Å². The van der Waals surface area contributed by atoms with Crippen molar-refractivity contribution in [3.05, 3.63) is 63.2 Å². The maximum absolute atomic E-state index is 13.3. The molecule has 10 heteroatoms. The van der Waals surface area contributed by atoms with Crippen molar-refractivity contribution < 1.29 is 19.1 Å². The van der Waals surface area contributed by atoms with Gasteiger partial charge in [-0.25, -0.2) is 0 Å². The van der Waals surface area contributed by atoms with Crippen molar-refractivity contribution in [3.63, 3.8) is 0 Å². The van der Waals surface area contributed by atoms with Crippen LogP contribution in [0.5, 0.6) is 5.75 Å². The van der Waals surface area contributed by atoms with Gasteiger partial charge in [-0.1, -0.05) is 18.2 Å². The minimum absolute atomic E-state index is 0.0176. The third-order valence-electron chi connectivity index (χ3n) is 8.67. The highest BCUT2D eigenvalue weighted by molar-refractivity contribution is 14.1. The summed E-state index contributed by atoms with van der Waals surface area (Å²) >= 11 is 2.21. The van der Waals surface area contributed by atoms with Crippen LogP contribution < -0.4 is 10.1 Å². The zero-order valence-electron chi connectivity index (χ0n) is 22.7. The molecule has 0 spiro atoms. The van der Waals surface area contributed by atoms with E-state index in [-0.39, 0.29) is 17.7 Å². The average molecular weight is 658 g/mol. The fourth-order valence-corrected chi connectivity index (χ4v) is 6.83. The van der Waals surface area contributed by atoms with Crippen molar-refractivity contribution in [2.24, 2.45) is 0 Å². The van der Waals surface area contributed by atoms with Crippen LogP contribution in [0.1, 0.15) is 40.0 Å². The number of piperazine rings is 1. The lowest BCUT2D eigenvalue weighted by molar-refractivity contribution is -0.145. The van der Waals surface area contributed by atoms with Gasteiger partial charge in [-0.05, 0) is 72.3 Å². The van der Waals surface area contributed by atoms with E-state index in [1.807, 2.05) is 63.2 Å². The number of halogens is 1. The molecular weight excluding hydrogens is 621 g/mol. The number of benzene rings is 2. The zero-order valence-corrected chi connectivity index (χ0v) is 24.8. The molecule has 9 nitrogen and oxygen atoms in total. The third kappa shape index (κ3) is 5.45. The summed E-state index contributed by atoms with van der Waals surface area (Å²) in [6.07, 6.45) is 2.74. The molecule has 2 aromatic carbocycles. The SMILES string of the molecule is O=C(c1ccccc1)N1CCN(C2CN(C(=O)c3ccc(O[C@@]4(C(=O)N5CCCC5)CCNC4)c(I)c3)C2)CC1. The molecule has 0 radical (unpaired) electrons. The molecule has 6 rings (SSSR count). The zero-order chi connectivity index (χ0) is 27.7. The summed E-state index contributed by atoms with van der Waals surface area (Å²) in [6.45, 7) is 7.29. The molecular formula is C30H36IN5O4. The first-order chi connectivity index (χ1) is 19.4. The Kier molecular flexibility index (Phi) is 8.00. The number of carbonyl (C=O) groups excluding carboxylic acids is 3. The van der Waals surface area contributed by atoms with Gasteiger partial charge in [-0.3, -0.25) is 19.3 Å². The summed E-state index contributed by atoms with van der Waals surface area (Å²) in [7, 11) is 0.